The average molecular weight is 459 g/mol. The lowest BCUT2D eigenvalue weighted by molar-refractivity contribution is -0.135. The van der Waals surface area contributed by atoms with E-state index in [0.29, 0.717) is 32.5 Å². The summed E-state index contributed by atoms with van der Waals surface area (Å²) in [6.45, 7) is 3.43. The largest absolute Gasteiger partial charge is 0.494 e. The zero-order valence-corrected chi connectivity index (χ0v) is 19.0. The fourth-order valence-electron chi connectivity index (χ4n) is 4.69. The van der Waals surface area contributed by atoms with E-state index < -0.39 is 5.25 Å². The third-order valence-electron chi connectivity index (χ3n) is 6.63. The van der Waals surface area contributed by atoms with Crippen LogP contribution < -0.4 is 10.5 Å². The Kier molecular flexibility index (Phi) is 7.03. The van der Waals surface area contributed by atoms with Crippen molar-refractivity contribution in [3.05, 3.63) is 30.3 Å². The number of ether oxygens (including phenoxy) is 1. The van der Waals surface area contributed by atoms with E-state index in [1.165, 1.54) is 11.8 Å². The number of likely N-dealkylation sites (tertiary alicyclic amines) is 2. The summed E-state index contributed by atoms with van der Waals surface area (Å²) < 4.78 is 5.67. The number of amides is 3. The first kappa shape index (κ1) is 22.6. The lowest BCUT2D eigenvalue weighted by Crippen LogP contribution is -2.44. The fourth-order valence-corrected chi connectivity index (χ4v) is 5.51. The highest BCUT2D eigenvalue weighted by Gasteiger charge is 2.43. The Bertz CT molecular complexity index is 883. The summed E-state index contributed by atoms with van der Waals surface area (Å²) >= 11 is 1.18. The molecule has 2 fully saturated rings. The van der Waals surface area contributed by atoms with Gasteiger partial charge in [-0.3, -0.25) is 14.4 Å². The maximum absolute atomic E-state index is 12.7. The van der Waals surface area contributed by atoms with Gasteiger partial charge in [0.25, 0.3) is 5.91 Å². The number of benzene rings is 1. The highest BCUT2D eigenvalue weighted by Crippen LogP contribution is 2.41. The van der Waals surface area contributed by atoms with Gasteiger partial charge in [0, 0.05) is 39.0 Å². The van der Waals surface area contributed by atoms with E-state index in [9.17, 15) is 14.4 Å². The van der Waals surface area contributed by atoms with Crippen molar-refractivity contribution in [3.8, 4) is 5.75 Å². The molecule has 2 N–H and O–H groups in total. The van der Waals surface area contributed by atoms with Crippen LogP contribution in [0, 0.1) is 5.41 Å². The van der Waals surface area contributed by atoms with Gasteiger partial charge in [-0.15, -0.1) is 0 Å². The second kappa shape index (κ2) is 9.94. The molecule has 3 amide bonds. The molecule has 4 rings (SSSR count). The first-order chi connectivity index (χ1) is 15.4. The molecule has 9 heteroatoms. The lowest BCUT2D eigenvalue weighted by Gasteiger charge is -2.39. The Morgan fingerprint density at radius 2 is 1.78 bits per heavy atom. The maximum Gasteiger partial charge on any atom is 0.262 e. The van der Waals surface area contributed by atoms with Crippen molar-refractivity contribution in [1.82, 2.24) is 9.80 Å². The minimum Gasteiger partial charge on any atom is -0.494 e. The van der Waals surface area contributed by atoms with Gasteiger partial charge in [-0.2, -0.15) is 4.99 Å². The second-order valence-electron chi connectivity index (χ2n) is 8.81. The number of nitrogens with two attached hydrogens (primary N) is 1. The van der Waals surface area contributed by atoms with Gasteiger partial charge in [0.1, 0.15) is 11.0 Å². The summed E-state index contributed by atoms with van der Waals surface area (Å²) in [6, 6.07) is 9.63. The topological polar surface area (TPSA) is 105 Å². The SMILES string of the molecule is NC1=NC(=O)C(CC(=O)N2CCC3(CCN(C(=O)CCCOc4ccccc4)CC3)C2)S1. The number of hydrogen-bond donors (Lipinski definition) is 1. The number of hydrogen-bond acceptors (Lipinski definition) is 6. The standard InChI is InChI=1S/C23H30N4O4S/c24-22-25-21(30)18(32-22)15-20(29)27-13-10-23(16-27)8-11-26(12-9-23)19(28)7-4-14-31-17-5-2-1-3-6-17/h1-3,5-6,18H,4,7-16H2,(H2,24,25,30). The van der Waals surface area contributed by atoms with Crippen LogP contribution in [0.15, 0.2) is 35.3 Å². The molecule has 3 aliphatic rings. The molecule has 8 nitrogen and oxygen atoms in total. The molecule has 0 bridgehead atoms. The number of nitrogens with zero attached hydrogens (tertiary/aromatic N) is 3. The maximum atomic E-state index is 12.7. The van der Waals surface area contributed by atoms with Crippen LogP contribution in [-0.2, 0) is 14.4 Å². The molecule has 0 saturated carbocycles. The van der Waals surface area contributed by atoms with Gasteiger partial charge in [-0.25, -0.2) is 0 Å². The Morgan fingerprint density at radius 3 is 2.44 bits per heavy atom. The molecule has 1 aromatic carbocycles. The zero-order valence-electron chi connectivity index (χ0n) is 18.2. The Balaban J connectivity index is 1.17. The molecular weight excluding hydrogens is 428 g/mol. The van der Waals surface area contributed by atoms with Crippen LogP contribution in [0.3, 0.4) is 0 Å². The molecule has 1 atom stereocenters. The molecule has 3 aliphatic heterocycles. The number of carbonyl (C=O) groups is 3. The smallest absolute Gasteiger partial charge is 0.262 e. The van der Waals surface area contributed by atoms with Gasteiger partial charge in [-0.1, -0.05) is 30.0 Å². The Morgan fingerprint density at radius 1 is 1.09 bits per heavy atom. The molecule has 1 spiro atoms. The van der Waals surface area contributed by atoms with Crippen molar-refractivity contribution in [2.45, 2.75) is 43.8 Å². The van der Waals surface area contributed by atoms with Gasteiger partial charge in [-0.05, 0) is 43.2 Å². The van der Waals surface area contributed by atoms with Gasteiger partial charge >= 0.3 is 0 Å². The van der Waals surface area contributed by atoms with Gasteiger partial charge in [0.05, 0.1) is 6.61 Å². The first-order valence-corrected chi connectivity index (χ1v) is 12.1. The van der Waals surface area contributed by atoms with E-state index >= 15 is 0 Å². The molecule has 2 saturated heterocycles. The first-order valence-electron chi connectivity index (χ1n) is 11.2. The summed E-state index contributed by atoms with van der Waals surface area (Å²) in [6.07, 6.45) is 4.12. The van der Waals surface area contributed by atoms with Crippen LogP contribution in [0.2, 0.25) is 0 Å². The van der Waals surface area contributed by atoms with Crippen molar-refractivity contribution in [2.75, 3.05) is 32.8 Å². The number of piperidine rings is 1. The van der Waals surface area contributed by atoms with Crippen LogP contribution >= 0.6 is 11.8 Å². The predicted molar refractivity (Wildman–Crippen MR) is 123 cm³/mol. The minimum atomic E-state index is -0.482. The summed E-state index contributed by atoms with van der Waals surface area (Å²) in [4.78, 5) is 44.6. The van der Waals surface area contributed by atoms with Gasteiger partial charge in [0.2, 0.25) is 11.8 Å². The van der Waals surface area contributed by atoms with E-state index in [0.717, 1.165) is 38.1 Å². The monoisotopic (exact) mass is 458 g/mol. The fraction of sp³-hybridized carbons (Fsp3) is 0.565. The Hall–Kier alpha value is -2.55. The normalized spacial score (nSPS) is 22.3. The van der Waals surface area contributed by atoms with Crippen LogP contribution in [-0.4, -0.2) is 70.7 Å². The van der Waals surface area contributed by atoms with Crippen molar-refractivity contribution in [1.29, 1.82) is 0 Å². The highest BCUT2D eigenvalue weighted by molar-refractivity contribution is 8.15. The molecule has 172 valence electrons. The summed E-state index contributed by atoms with van der Waals surface area (Å²) in [7, 11) is 0. The minimum absolute atomic E-state index is 0.00505. The second-order valence-corrected chi connectivity index (χ2v) is 10.0. The number of aliphatic imine (C=N–C) groups is 1. The molecule has 1 aromatic rings. The average Bonchev–Trinajstić information content (AvgIpc) is 3.35. The third kappa shape index (κ3) is 5.43. The van der Waals surface area contributed by atoms with E-state index in [2.05, 4.69) is 4.99 Å². The summed E-state index contributed by atoms with van der Waals surface area (Å²) in [5, 5.41) is -0.237. The van der Waals surface area contributed by atoms with Gasteiger partial charge < -0.3 is 20.3 Å². The van der Waals surface area contributed by atoms with Crippen LogP contribution in [0.4, 0.5) is 0 Å². The summed E-state index contributed by atoms with van der Waals surface area (Å²) in [5.74, 6) is 0.689. The summed E-state index contributed by atoms with van der Waals surface area (Å²) in [5.41, 5.74) is 5.68. The van der Waals surface area contributed by atoms with Crippen molar-refractivity contribution in [3.63, 3.8) is 0 Å². The Labute approximate surface area is 192 Å². The quantitative estimate of drug-likeness (QED) is 0.627. The van der Waals surface area contributed by atoms with E-state index in [4.69, 9.17) is 10.5 Å². The third-order valence-corrected chi connectivity index (χ3v) is 7.62. The molecule has 0 radical (unpaired) electrons. The van der Waals surface area contributed by atoms with Crippen molar-refractivity contribution in [2.24, 2.45) is 16.1 Å². The number of para-hydroxylation sites is 1. The highest BCUT2D eigenvalue weighted by atomic mass is 32.2. The van der Waals surface area contributed by atoms with E-state index in [-0.39, 0.29) is 34.7 Å². The number of thioether (sulfide) groups is 1. The predicted octanol–water partition coefficient (Wildman–Crippen LogP) is 2.03. The number of amidine groups is 1. The van der Waals surface area contributed by atoms with Crippen LogP contribution in [0.25, 0.3) is 0 Å². The van der Waals surface area contributed by atoms with Crippen LogP contribution in [0.1, 0.15) is 38.5 Å². The molecule has 0 aliphatic carbocycles. The van der Waals surface area contributed by atoms with E-state index in [1.807, 2.05) is 40.1 Å². The molecular formula is C23H30N4O4S. The zero-order chi connectivity index (χ0) is 22.6. The van der Waals surface area contributed by atoms with Crippen molar-refractivity contribution < 1.29 is 19.1 Å². The molecule has 1 unspecified atom stereocenters. The lowest BCUT2D eigenvalue weighted by atomic mass is 9.77. The van der Waals surface area contributed by atoms with Crippen LogP contribution in [0.5, 0.6) is 5.75 Å². The van der Waals surface area contributed by atoms with E-state index in [1.54, 1.807) is 0 Å². The molecule has 3 heterocycles. The molecule has 0 aromatic heterocycles. The van der Waals surface area contributed by atoms with Crippen molar-refractivity contribution >= 4 is 34.7 Å². The van der Waals surface area contributed by atoms with Gasteiger partial charge in [0.15, 0.2) is 5.17 Å². The number of carbonyl (C=O) groups excluding carboxylic acids is 3. The molecule has 32 heavy (non-hydrogen) atoms. The number of rotatable bonds is 7.